The number of fused-ring (bicyclic) bond motifs is 1. The molecule has 0 atom stereocenters. The summed E-state index contributed by atoms with van der Waals surface area (Å²) in [5.74, 6) is 0.226. The molecule has 0 spiro atoms. The Labute approximate surface area is 187 Å². The topological polar surface area (TPSA) is 70.5 Å². The Balaban J connectivity index is 1.44. The normalized spacial score (nSPS) is 16.8. The molecule has 7 nitrogen and oxygen atoms in total. The quantitative estimate of drug-likeness (QED) is 0.544. The van der Waals surface area contributed by atoms with E-state index in [1.807, 2.05) is 35.9 Å². The van der Waals surface area contributed by atoms with Crippen molar-refractivity contribution in [3.05, 3.63) is 57.1 Å². The van der Waals surface area contributed by atoms with E-state index < -0.39 is 0 Å². The molecule has 8 heteroatoms. The van der Waals surface area contributed by atoms with Crippen LogP contribution in [0.25, 0.3) is 0 Å². The lowest BCUT2D eigenvalue weighted by Gasteiger charge is -2.37. The number of benzene rings is 1. The van der Waals surface area contributed by atoms with Gasteiger partial charge in [0.15, 0.2) is 0 Å². The number of aryl methyl sites for hydroxylation is 1. The first-order valence-electron chi connectivity index (χ1n) is 11.0. The molecule has 0 saturated carbocycles. The summed E-state index contributed by atoms with van der Waals surface area (Å²) < 4.78 is 1.82. The lowest BCUT2D eigenvalue weighted by molar-refractivity contribution is -0.118. The molecular formula is C23H31N5O2S. The summed E-state index contributed by atoms with van der Waals surface area (Å²) in [5, 5.41) is 5.84. The number of hydrogen-bond donors (Lipinski definition) is 1. The van der Waals surface area contributed by atoms with Crippen LogP contribution < -0.4 is 16.0 Å². The second-order valence-electron chi connectivity index (χ2n) is 8.45. The van der Waals surface area contributed by atoms with Gasteiger partial charge in [0.2, 0.25) is 5.91 Å². The lowest BCUT2D eigenvalue weighted by atomic mass is 9.97. The van der Waals surface area contributed by atoms with Crippen LogP contribution in [0.15, 0.2) is 34.1 Å². The van der Waals surface area contributed by atoms with Crippen molar-refractivity contribution < 1.29 is 4.79 Å². The zero-order chi connectivity index (χ0) is 21.8. The first-order chi connectivity index (χ1) is 15.0. The van der Waals surface area contributed by atoms with Crippen LogP contribution in [0.5, 0.6) is 0 Å². The first kappa shape index (κ1) is 21.9. The van der Waals surface area contributed by atoms with E-state index in [1.165, 1.54) is 17.3 Å². The minimum atomic E-state index is -0.215. The van der Waals surface area contributed by atoms with Gasteiger partial charge >= 0.3 is 5.69 Å². The molecule has 1 fully saturated rings. The number of carbonyl (C=O) groups is 1. The van der Waals surface area contributed by atoms with Gasteiger partial charge in [0, 0.05) is 38.3 Å². The Hall–Kier alpha value is -2.32. The van der Waals surface area contributed by atoms with E-state index in [-0.39, 0.29) is 17.3 Å². The number of nitrogens with one attached hydrogen (secondary N) is 1. The molecule has 0 radical (unpaired) electrons. The Morgan fingerprint density at radius 2 is 1.81 bits per heavy atom. The molecule has 4 rings (SSSR count). The highest BCUT2D eigenvalue weighted by atomic mass is 32.2. The van der Waals surface area contributed by atoms with Crippen molar-refractivity contribution in [3.8, 4) is 0 Å². The minimum absolute atomic E-state index is 0.0415. The minimum Gasteiger partial charge on any atom is -0.351 e. The molecule has 2 aromatic rings. The number of thioether (sulfide) groups is 1. The van der Waals surface area contributed by atoms with E-state index in [4.69, 9.17) is 0 Å². The molecule has 31 heavy (non-hydrogen) atoms. The van der Waals surface area contributed by atoms with Crippen molar-refractivity contribution in [2.75, 3.05) is 44.0 Å². The van der Waals surface area contributed by atoms with Crippen LogP contribution in [0.1, 0.15) is 35.2 Å². The van der Waals surface area contributed by atoms with Gasteiger partial charge in [-0.15, -0.1) is 0 Å². The van der Waals surface area contributed by atoms with Crippen LogP contribution in [0, 0.1) is 6.92 Å². The van der Waals surface area contributed by atoms with E-state index in [0.717, 1.165) is 73.7 Å². The maximum absolute atomic E-state index is 13.0. The van der Waals surface area contributed by atoms with E-state index in [1.54, 1.807) is 0 Å². The van der Waals surface area contributed by atoms with Gasteiger partial charge < -0.3 is 15.2 Å². The van der Waals surface area contributed by atoms with E-state index in [0.29, 0.717) is 6.54 Å². The molecule has 2 heterocycles. The van der Waals surface area contributed by atoms with Crippen LogP contribution in [0.4, 0.5) is 0 Å². The number of amides is 1. The van der Waals surface area contributed by atoms with Gasteiger partial charge in [0.05, 0.1) is 11.4 Å². The van der Waals surface area contributed by atoms with Gasteiger partial charge in [0.25, 0.3) is 0 Å². The molecule has 1 amide bonds. The van der Waals surface area contributed by atoms with E-state index >= 15 is 0 Å². The molecule has 0 bridgehead atoms. The zero-order valence-electron chi connectivity index (χ0n) is 18.4. The number of nitrogens with zero attached hydrogens (tertiary/aromatic N) is 4. The number of hydrogen-bond acceptors (Lipinski definition) is 6. The summed E-state index contributed by atoms with van der Waals surface area (Å²) in [5.41, 5.74) is 4.31. The summed E-state index contributed by atoms with van der Waals surface area (Å²) in [4.78, 5) is 32.1. The molecule has 1 N–H and O–H groups in total. The number of rotatable bonds is 6. The summed E-state index contributed by atoms with van der Waals surface area (Å²) >= 11 is 1.39. The van der Waals surface area contributed by atoms with Crippen molar-refractivity contribution in [3.63, 3.8) is 0 Å². The van der Waals surface area contributed by atoms with Gasteiger partial charge in [0.1, 0.15) is 5.03 Å². The van der Waals surface area contributed by atoms with Crippen molar-refractivity contribution in [1.82, 2.24) is 19.9 Å². The van der Waals surface area contributed by atoms with Gasteiger partial charge in [-0.25, -0.2) is 9.47 Å². The van der Waals surface area contributed by atoms with Crippen molar-refractivity contribution in [2.45, 2.75) is 44.2 Å². The summed E-state index contributed by atoms with van der Waals surface area (Å²) in [6, 6.07) is 8.14. The highest BCUT2D eigenvalue weighted by Gasteiger charge is 2.25. The van der Waals surface area contributed by atoms with E-state index in [2.05, 4.69) is 27.3 Å². The average Bonchev–Trinajstić information content (AvgIpc) is 2.78. The van der Waals surface area contributed by atoms with Crippen LogP contribution in [0.2, 0.25) is 0 Å². The fraction of sp³-hybridized carbons (Fsp3) is 0.522. The summed E-state index contributed by atoms with van der Waals surface area (Å²) in [7, 11) is 2.11. The third-order valence-electron chi connectivity index (χ3n) is 6.04. The Morgan fingerprint density at radius 3 is 2.55 bits per heavy atom. The Bertz CT molecular complexity index is 981. The van der Waals surface area contributed by atoms with E-state index in [9.17, 15) is 9.59 Å². The molecule has 1 aliphatic heterocycles. The highest BCUT2D eigenvalue weighted by molar-refractivity contribution is 7.99. The van der Waals surface area contributed by atoms with Crippen LogP contribution in [-0.4, -0.2) is 59.4 Å². The fourth-order valence-corrected chi connectivity index (χ4v) is 5.08. The van der Waals surface area contributed by atoms with Crippen LogP contribution >= 0.6 is 11.8 Å². The van der Waals surface area contributed by atoms with Crippen molar-refractivity contribution in [2.24, 2.45) is 0 Å². The molecule has 0 unspecified atom stereocenters. The summed E-state index contributed by atoms with van der Waals surface area (Å²) in [6.07, 6.45) is 4.00. The predicted molar refractivity (Wildman–Crippen MR) is 124 cm³/mol. The summed E-state index contributed by atoms with van der Waals surface area (Å²) in [6.45, 7) is 6.11. The smallest absolute Gasteiger partial charge is 0.351 e. The molecule has 1 saturated heterocycles. The standard InChI is InChI=1S/C23H31N5O2S/c1-17-7-9-18(10-8-17)15-24-21(29)16-31-22-19-5-3-4-6-20(19)28(23(30)25-22)27-13-11-26(2)12-14-27/h7-10H,3-6,11-16H2,1-2H3,(H,24,29). The molecule has 1 aromatic heterocycles. The molecule has 1 aliphatic carbocycles. The molecular weight excluding hydrogens is 410 g/mol. The maximum Gasteiger partial charge on any atom is 0.367 e. The zero-order valence-corrected chi connectivity index (χ0v) is 19.2. The average molecular weight is 442 g/mol. The van der Waals surface area contributed by atoms with Gasteiger partial charge in [-0.3, -0.25) is 4.79 Å². The monoisotopic (exact) mass is 441 g/mol. The Morgan fingerprint density at radius 1 is 1.10 bits per heavy atom. The van der Waals surface area contributed by atoms with Crippen molar-refractivity contribution >= 4 is 17.7 Å². The van der Waals surface area contributed by atoms with Crippen LogP contribution in [-0.2, 0) is 24.2 Å². The van der Waals surface area contributed by atoms with Crippen LogP contribution in [0.3, 0.4) is 0 Å². The number of aromatic nitrogens is 2. The van der Waals surface area contributed by atoms with Gasteiger partial charge in [-0.1, -0.05) is 41.6 Å². The number of carbonyl (C=O) groups excluding carboxylic acids is 1. The largest absolute Gasteiger partial charge is 0.367 e. The van der Waals surface area contributed by atoms with Gasteiger partial charge in [-0.2, -0.15) is 4.98 Å². The SMILES string of the molecule is Cc1ccc(CNC(=O)CSc2nc(=O)n(N3CCN(C)CC3)c3c2CCCC3)cc1. The number of piperazine rings is 1. The second kappa shape index (κ2) is 9.87. The number of likely N-dealkylation sites (N-methyl/N-ethyl adjacent to an activating group) is 1. The molecule has 166 valence electrons. The maximum atomic E-state index is 13.0. The second-order valence-corrected chi connectivity index (χ2v) is 9.42. The Kier molecular flexibility index (Phi) is 6.97. The fourth-order valence-electron chi connectivity index (χ4n) is 4.17. The lowest BCUT2D eigenvalue weighted by Crippen LogP contribution is -2.55. The predicted octanol–water partition coefficient (Wildman–Crippen LogP) is 1.72. The first-order valence-corrected chi connectivity index (χ1v) is 12.0. The highest BCUT2D eigenvalue weighted by Crippen LogP contribution is 2.28. The third kappa shape index (κ3) is 5.30. The molecule has 2 aliphatic rings. The third-order valence-corrected chi connectivity index (χ3v) is 7.06. The van der Waals surface area contributed by atoms with Crippen molar-refractivity contribution in [1.29, 1.82) is 0 Å². The molecule has 1 aromatic carbocycles. The van der Waals surface area contributed by atoms with Gasteiger partial charge in [-0.05, 0) is 45.2 Å².